The van der Waals surface area contributed by atoms with Crippen molar-refractivity contribution in [1.82, 2.24) is 14.7 Å². The summed E-state index contributed by atoms with van der Waals surface area (Å²) < 4.78 is 1.61. The number of carbonyl (C=O) groups excluding carboxylic acids is 1. The lowest BCUT2D eigenvalue weighted by molar-refractivity contribution is -0.384. The predicted octanol–water partition coefficient (Wildman–Crippen LogP) is 2.20. The van der Waals surface area contributed by atoms with Crippen molar-refractivity contribution in [1.29, 1.82) is 0 Å². The average molecular weight is 302 g/mol. The Morgan fingerprint density at radius 2 is 2.14 bits per heavy atom. The van der Waals surface area contributed by atoms with Crippen LogP contribution >= 0.6 is 0 Å². The van der Waals surface area contributed by atoms with E-state index in [9.17, 15) is 14.9 Å². The monoisotopic (exact) mass is 302 g/mol. The van der Waals surface area contributed by atoms with Crippen LogP contribution in [0.3, 0.4) is 0 Å². The van der Waals surface area contributed by atoms with Crippen LogP contribution in [0, 0.1) is 16.0 Å². The summed E-state index contributed by atoms with van der Waals surface area (Å²) in [4.78, 5) is 24.6. The Morgan fingerprint density at radius 3 is 2.82 bits per heavy atom. The van der Waals surface area contributed by atoms with E-state index in [4.69, 9.17) is 0 Å². The maximum atomic E-state index is 12.3. The molecule has 0 unspecified atom stereocenters. The molecule has 1 aliphatic rings. The minimum Gasteiger partial charge on any atom is -0.341 e. The van der Waals surface area contributed by atoms with E-state index < -0.39 is 4.92 Å². The van der Waals surface area contributed by atoms with Crippen LogP contribution < -0.4 is 0 Å². The molecular formula is C15H18N4O3. The van der Waals surface area contributed by atoms with Gasteiger partial charge < -0.3 is 4.90 Å². The maximum absolute atomic E-state index is 12.3. The molecule has 0 aliphatic carbocycles. The fraction of sp³-hybridized carbons (Fsp3) is 0.467. The molecule has 1 aromatic heterocycles. The van der Waals surface area contributed by atoms with Crippen molar-refractivity contribution in [3.8, 4) is 0 Å². The van der Waals surface area contributed by atoms with Crippen molar-refractivity contribution < 1.29 is 9.72 Å². The lowest BCUT2D eigenvalue weighted by Gasteiger charge is -2.30. The Kier molecular flexibility index (Phi) is 3.79. The van der Waals surface area contributed by atoms with Gasteiger partial charge in [-0.25, -0.2) is 0 Å². The van der Waals surface area contributed by atoms with Gasteiger partial charge in [-0.2, -0.15) is 5.10 Å². The first-order valence-corrected chi connectivity index (χ1v) is 7.42. The highest BCUT2D eigenvalue weighted by atomic mass is 16.6. The second kappa shape index (κ2) is 5.75. The van der Waals surface area contributed by atoms with Gasteiger partial charge in [0.05, 0.1) is 16.6 Å². The van der Waals surface area contributed by atoms with Crippen LogP contribution in [0.4, 0.5) is 5.69 Å². The molecule has 0 atom stereocenters. The van der Waals surface area contributed by atoms with Gasteiger partial charge in [0, 0.05) is 30.6 Å². The van der Waals surface area contributed by atoms with Crippen LogP contribution in [-0.2, 0) is 11.3 Å². The number of nitro groups is 1. The topological polar surface area (TPSA) is 81.3 Å². The number of hydrogen-bond acceptors (Lipinski definition) is 4. The zero-order chi connectivity index (χ0) is 15.7. The molecule has 0 saturated carbocycles. The lowest BCUT2D eigenvalue weighted by atomic mass is 9.99. The molecule has 7 heteroatoms. The normalized spacial score (nSPS) is 16.1. The molecule has 2 aromatic rings. The highest BCUT2D eigenvalue weighted by Crippen LogP contribution is 2.21. The Morgan fingerprint density at radius 1 is 1.41 bits per heavy atom. The van der Waals surface area contributed by atoms with E-state index in [1.165, 1.54) is 12.1 Å². The number of fused-ring (bicyclic) bond motifs is 1. The molecule has 0 spiro atoms. The van der Waals surface area contributed by atoms with E-state index in [0.29, 0.717) is 11.3 Å². The Hall–Kier alpha value is -2.44. The average Bonchev–Trinajstić information content (AvgIpc) is 2.90. The quantitative estimate of drug-likeness (QED) is 0.643. The summed E-state index contributed by atoms with van der Waals surface area (Å²) in [5.41, 5.74) is 0.771. The predicted molar refractivity (Wildman–Crippen MR) is 81.4 cm³/mol. The smallest absolute Gasteiger partial charge is 0.270 e. The second-order valence-electron chi connectivity index (χ2n) is 5.87. The lowest BCUT2D eigenvalue weighted by Crippen LogP contribution is -2.39. The third-order valence-electron chi connectivity index (χ3n) is 4.26. The number of amides is 1. The number of rotatable bonds is 3. The van der Waals surface area contributed by atoms with Crippen molar-refractivity contribution in [2.75, 3.05) is 13.1 Å². The van der Waals surface area contributed by atoms with E-state index in [0.717, 1.165) is 31.4 Å². The van der Waals surface area contributed by atoms with Gasteiger partial charge in [-0.15, -0.1) is 0 Å². The molecule has 22 heavy (non-hydrogen) atoms. The summed E-state index contributed by atoms with van der Waals surface area (Å²) in [6.45, 7) is 3.97. The number of nitro benzene ring substituents is 1. The summed E-state index contributed by atoms with van der Waals surface area (Å²) in [5.74, 6) is 0.727. The van der Waals surface area contributed by atoms with Crippen molar-refractivity contribution in [3.05, 3.63) is 34.5 Å². The van der Waals surface area contributed by atoms with Crippen LogP contribution in [0.1, 0.15) is 19.8 Å². The van der Waals surface area contributed by atoms with Crippen LogP contribution in [-0.4, -0.2) is 38.6 Å². The summed E-state index contributed by atoms with van der Waals surface area (Å²) in [7, 11) is 0. The van der Waals surface area contributed by atoms with E-state index in [1.54, 1.807) is 16.9 Å². The number of nitrogens with zero attached hydrogens (tertiary/aromatic N) is 4. The molecule has 0 bridgehead atoms. The fourth-order valence-electron chi connectivity index (χ4n) is 2.80. The van der Waals surface area contributed by atoms with Crippen LogP contribution in [0.15, 0.2) is 24.4 Å². The Balaban J connectivity index is 1.76. The summed E-state index contributed by atoms with van der Waals surface area (Å²) in [6.07, 6.45) is 3.64. The molecule has 0 N–H and O–H groups in total. The van der Waals surface area contributed by atoms with Gasteiger partial charge in [-0.05, 0) is 24.8 Å². The van der Waals surface area contributed by atoms with Crippen molar-refractivity contribution >= 4 is 22.5 Å². The summed E-state index contributed by atoms with van der Waals surface area (Å²) in [6, 6.07) is 4.56. The van der Waals surface area contributed by atoms with Gasteiger partial charge in [0.25, 0.3) is 5.69 Å². The van der Waals surface area contributed by atoms with Gasteiger partial charge in [0.2, 0.25) is 5.91 Å². The van der Waals surface area contributed by atoms with Crippen molar-refractivity contribution in [3.63, 3.8) is 0 Å². The van der Waals surface area contributed by atoms with Gasteiger partial charge in [-0.1, -0.05) is 6.92 Å². The van der Waals surface area contributed by atoms with E-state index >= 15 is 0 Å². The van der Waals surface area contributed by atoms with Crippen LogP contribution in [0.2, 0.25) is 0 Å². The van der Waals surface area contributed by atoms with Crippen LogP contribution in [0.5, 0.6) is 0 Å². The number of carbonyl (C=O) groups is 1. The van der Waals surface area contributed by atoms with Gasteiger partial charge >= 0.3 is 0 Å². The first-order valence-electron chi connectivity index (χ1n) is 7.42. The van der Waals surface area contributed by atoms with Gasteiger partial charge in [-0.3, -0.25) is 19.6 Å². The standard InChI is InChI=1S/C15H18N4O3/c1-11-4-6-17(7-5-11)15(20)10-18-14-3-2-13(19(21)22)8-12(14)9-16-18/h2-3,8-9,11H,4-7,10H2,1H3. The van der Waals surface area contributed by atoms with Crippen molar-refractivity contribution in [2.24, 2.45) is 5.92 Å². The zero-order valence-electron chi connectivity index (χ0n) is 12.4. The first kappa shape index (κ1) is 14.5. The minimum absolute atomic E-state index is 0.0309. The molecular weight excluding hydrogens is 284 g/mol. The van der Waals surface area contributed by atoms with E-state index in [2.05, 4.69) is 12.0 Å². The maximum Gasteiger partial charge on any atom is 0.270 e. The van der Waals surface area contributed by atoms with Gasteiger partial charge in [0.15, 0.2) is 0 Å². The van der Waals surface area contributed by atoms with Gasteiger partial charge in [0.1, 0.15) is 6.54 Å². The second-order valence-corrected chi connectivity index (χ2v) is 5.87. The molecule has 2 heterocycles. The first-order chi connectivity index (χ1) is 10.5. The molecule has 1 amide bonds. The number of likely N-dealkylation sites (tertiary alicyclic amines) is 1. The largest absolute Gasteiger partial charge is 0.341 e. The number of piperidine rings is 1. The highest BCUT2D eigenvalue weighted by Gasteiger charge is 2.21. The SMILES string of the molecule is CC1CCN(C(=O)Cn2ncc3cc([N+](=O)[O-])ccc32)CC1. The zero-order valence-corrected chi connectivity index (χ0v) is 12.4. The third-order valence-corrected chi connectivity index (χ3v) is 4.26. The summed E-state index contributed by atoms with van der Waals surface area (Å²) >= 11 is 0. The Bertz CT molecular complexity index is 717. The number of non-ortho nitro benzene ring substituents is 1. The molecule has 1 saturated heterocycles. The number of aromatic nitrogens is 2. The fourth-order valence-corrected chi connectivity index (χ4v) is 2.80. The molecule has 1 aliphatic heterocycles. The van der Waals surface area contributed by atoms with E-state index in [1.807, 2.05) is 4.90 Å². The number of benzene rings is 1. The molecule has 1 aromatic carbocycles. The molecule has 116 valence electrons. The molecule has 3 rings (SSSR count). The molecule has 7 nitrogen and oxygen atoms in total. The third kappa shape index (κ3) is 2.79. The Labute approximate surface area is 127 Å². The molecule has 1 fully saturated rings. The minimum atomic E-state index is -0.434. The number of hydrogen-bond donors (Lipinski definition) is 0. The van der Waals surface area contributed by atoms with Crippen LogP contribution in [0.25, 0.3) is 10.9 Å². The highest BCUT2D eigenvalue weighted by molar-refractivity contribution is 5.83. The summed E-state index contributed by atoms with van der Waals surface area (Å²) in [5, 5.41) is 15.6. The van der Waals surface area contributed by atoms with Crippen molar-refractivity contribution in [2.45, 2.75) is 26.3 Å². The molecule has 0 radical (unpaired) electrons. The van der Waals surface area contributed by atoms with E-state index in [-0.39, 0.29) is 18.1 Å².